The normalized spacial score (nSPS) is 20.4. The van der Waals surface area contributed by atoms with Gasteiger partial charge in [0.1, 0.15) is 11.7 Å². The molecular formula is C15H24N4O3. The van der Waals surface area contributed by atoms with E-state index in [-0.39, 0.29) is 17.9 Å². The first kappa shape index (κ1) is 16.5. The molecule has 3 N–H and O–H groups in total. The van der Waals surface area contributed by atoms with Crippen molar-refractivity contribution in [2.24, 2.45) is 7.05 Å². The lowest BCUT2D eigenvalue weighted by Gasteiger charge is -2.38. The second-order valence-electron chi connectivity index (χ2n) is 5.89. The lowest BCUT2D eigenvalue weighted by Crippen LogP contribution is -2.61. The summed E-state index contributed by atoms with van der Waals surface area (Å²) < 4.78 is 7.36. The first-order valence-corrected chi connectivity index (χ1v) is 7.46. The Hall–Kier alpha value is -1.86. The number of amides is 2. The average Bonchev–Trinajstić information content (AvgIpc) is 2.89. The fraction of sp³-hybridized carbons (Fsp3) is 0.600. The minimum atomic E-state index is -0.533. The van der Waals surface area contributed by atoms with E-state index in [1.165, 1.54) is 0 Å². The van der Waals surface area contributed by atoms with Crippen LogP contribution in [0.2, 0.25) is 0 Å². The number of carbonyl (C=O) groups is 2. The van der Waals surface area contributed by atoms with E-state index in [1.807, 2.05) is 33.2 Å². The van der Waals surface area contributed by atoms with Crippen molar-refractivity contribution in [3.63, 3.8) is 0 Å². The van der Waals surface area contributed by atoms with E-state index in [0.717, 1.165) is 0 Å². The number of morpholine rings is 1. The highest BCUT2D eigenvalue weighted by molar-refractivity contribution is 5.92. The summed E-state index contributed by atoms with van der Waals surface area (Å²) >= 11 is 0. The van der Waals surface area contributed by atoms with E-state index < -0.39 is 5.60 Å². The Morgan fingerprint density at radius 2 is 2.14 bits per heavy atom. The molecule has 1 aliphatic rings. The maximum atomic E-state index is 12.2. The van der Waals surface area contributed by atoms with Crippen LogP contribution in [0.25, 0.3) is 0 Å². The number of nitrogens with zero attached hydrogens (tertiary/aromatic N) is 1. The maximum absolute atomic E-state index is 12.2. The Morgan fingerprint density at radius 3 is 2.77 bits per heavy atom. The Balaban J connectivity index is 1.73. The molecule has 7 nitrogen and oxygen atoms in total. The molecule has 1 aromatic rings. The van der Waals surface area contributed by atoms with Crippen LogP contribution in [0.3, 0.4) is 0 Å². The summed E-state index contributed by atoms with van der Waals surface area (Å²) in [6, 6.07) is 3.18. The monoisotopic (exact) mass is 308 g/mol. The van der Waals surface area contributed by atoms with Gasteiger partial charge < -0.3 is 25.3 Å². The first-order valence-electron chi connectivity index (χ1n) is 7.46. The van der Waals surface area contributed by atoms with E-state index in [1.54, 1.807) is 10.6 Å². The van der Waals surface area contributed by atoms with Crippen molar-refractivity contribution in [1.29, 1.82) is 0 Å². The molecule has 1 aromatic heterocycles. The molecular weight excluding hydrogens is 284 g/mol. The molecule has 7 heteroatoms. The molecule has 1 unspecified atom stereocenters. The highest BCUT2D eigenvalue weighted by Crippen LogP contribution is 2.17. The SMILES string of the molecule is Cn1cccc1C(=O)NCCNC(=O)C1NCCOC1(C)C. The number of ether oxygens (including phenoxy) is 1. The van der Waals surface area contributed by atoms with E-state index in [4.69, 9.17) is 4.74 Å². The van der Waals surface area contributed by atoms with Gasteiger partial charge in [-0.25, -0.2) is 0 Å². The highest BCUT2D eigenvalue weighted by atomic mass is 16.5. The smallest absolute Gasteiger partial charge is 0.267 e. The van der Waals surface area contributed by atoms with Gasteiger partial charge in [-0.2, -0.15) is 0 Å². The molecule has 1 atom stereocenters. The zero-order valence-electron chi connectivity index (χ0n) is 13.3. The molecule has 122 valence electrons. The zero-order valence-corrected chi connectivity index (χ0v) is 13.3. The summed E-state index contributed by atoms with van der Waals surface area (Å²) in [6.45, 7) is 5.80. The summed E-state index contributed by atoms with van der Waals surface area (Å²) in [6.07, 6.45) is 1.81. The quantitative estimate of drug-likeness (QED) is 0.649. The van der Waals surface area contributed by atoms with Crippen molar-refractivity contribution in [3.05, 3.63) is 24.0 Å². The maximum Gasteiger partial charge on any atom is 0.267 e. The summed E-state index contributed by atoms with van der Waals surface area (Å²) in [5.41, 5.74) is 0.0593. The van der Waals surface area contributed by atoms with Crippen molar-refractivity contribution >= 4 is 11.8 Å². The Labute approximate surface area is 130 Å². The third kappa shape index (κ3) is 3.86. The molecule has 1 fully saturated rings. The second-order valence-corrected chi connectivity index (χ2v) is 5.89. The van der Waals surface area contributed by atoms with Crippen molar-refractivity contribution in [1.82, 2.24) is 20.5 Å². The predicted molar refractivity (Wildman–Crippen MR) is 82.6 cm³/mol. The minimum absolute atomic E-state index is 0.113. The van der Waals surface area contributed by atoms with Crippen molar-refractivity contribution in [2.45, 2.75) is 25.5 Å². The van der Waals surface area contributed by atoms with Gasteiger partial charge in [-0.05, 0) is 26.0 Å². The molecule has 1 aliphatic heterocycles. The number of carbonyl (C=O) groups excluding carboxylic acids is 2. The lowest BCUT2D eigenvalue weighted by molar-refractivity contribution is -0.137. The molecule has 22 heavy (non-hydrogen) atoms. The van der Waals surface area contributed by atoms with Crippen LogP contribution in [-0.2, 0) is 16.6 Å². The number of aromatic nitrogens is 1. The lowest BCUT2D eigenvalue weighted by atomic mass is 9.96. The molecule has 1 saturated heterocycles. The van der Waals surface area contributed by atoms with Gasteiger partial charge >= 0.3 is 0 Å². The topological polar surface area (TPSA) is 84.4 Å². The summed E-state index contributed by atoms with van der Waals surface area (Å²) in [5, 5.41) is 8.76. The summed E-state index contributed by atoms with van der Waals surface area (Å²) in [7, 11) is 1.81. The second kappa shape index (κ2) is 6.93. The number of hydrogen-bond acceptors (Lipinski definition) is 4. The fourth-order valence-electron chi connectivity index (χ4n) is 2.51. The van der Waals surface area contributed by atoms with Gasteiger partial charge in [0.25, 0.3) is 5.91 Å². The van der Waals surface area contributed by atoms with Gasteiger partial charge in [-0.3, -0.25) is 9.59 Å². The number of rotatable bonds is 5. The van der Waals surface area contributed by atoms with Gasteiger partial charge in [0, 0.05) is 32.9 Å². The third-order valence-electron chi connectivity index (χ3n) is 3.77. The first-order chi connectivity index (χ1) is 10.4. The molecule has 0 aliphatic carbocycles. The van der Waals surface area contributed by atoms with Crippen LogP contribution < -0.4 is 16.0 Å². The Bertz CT molecular complexity index is 539. The molecule has 0 radical (unpaired) electrons. The molecule has 0 aromatic carbocycles. The fourth-order valence-corrected chi connectivity index (χ4v) is 2.51. The van der Waals surface area contributed by atoms with Crippen LogP contribution in [0, 0.1) is 0 Å². The summed E-state index contributed by atoms with van der Waals surface area (Å²) in [5.74, 6) is -0.265. The highest BCUT2D eigenvalue weighted by Gasteiger charge is 2.38. The van der Waals surface area contributed by atoms with E-state index >= 15 is 0 Å². The van der Waals surface area contributed by atoms with Crippen LogP contribution in [0.15, 0.2) is 18.3 Å². The minimum Gasteiger partial charge on any atom is -0.372 e. The van der Waals surface area contributed by atoms with Crippen LogP contribution in [0.1, 0.15) is 24.3 Å². The number of hydrogen-bond donors (Lipinski definition) is 3. The molecule has 2 amide bonds. The zero-order chi connectivity index (χ0) is 16.2. The predicted octanol–water partition coefficient (Wildman–Crippen LogP) is -0.362. The van der Waals surface area contributed by atoms with Crippen molar-refractivity contribution < 1.29 is 14.3 Å². The molecule has 0 bridgehead atoms. The standard InChI is InChI=1S/C15H24N4O3/c1-15(2)12(16-8-10-22-15)14(21)18-7-6-17-13(20)11-5-4-9-19(11)3/h4-5,9,12,16H,6-8,10H2,1-3H3,(H,17,20)(H,18,21). The Kier molecular flexibility index (Phi) is 5.20. The van der Waals surface area contributed by atoms with Crippen molar-refractivity contribution in [3.8, 4) is 0 Å². The molecule has 2 rings (SSSR count). The van der Waals surface area contributed by atoms with Crippen LogP contribution in [-0.4, -0.2) is 54.3 Å². The third-order valence-corrected chi connectivity index (χ3v) is 3.77. The van der Waals surface area contributed by atoms with E-state index in [0.29, 0.717) is 31.9 Å². The van der Waals surface area contributed by atoms with Gasteiger partial charge in [0.15, 0.2) is 0 Å². The largest absolute Gasteiger partial charge is 0.372 e. The van der Waals surface area contributed by atoms with Gasteiger partial charge in [0.2, 0.25) is 5.91 Å². The Morgan fingerprint density at radius 1 is 1.41 bits per heavy atom. The summed E-state index contributed by atoms with van der Waals surface area (Å²) in [4.78, 5) is 24.1. The van der Waals surface area contributed by atoms with Crippen LogP contribution in [0.4, 0.5) is 0 Å². The molecule has 2 heterocycles. The molecule has 0 saturated carbocycles. The van der Waals surface area contributed by atoms with Crippen LogP contribution >= 0.6 is 0 Å². The van der Waals surface area contributed by atoms with Gasteiger partial charge in [-0.15, -0.1) is 0 Å². The van der Waals surface area contributed by atoms with Crippen LogP contribution in [0.5, 0.6) is 0 Å². The van der Waals surface area contributed by atoms with Gasteiger partial charge in [0.05, 0.1) is 12.2 Å². The van der Waals surface area contributed by atoms with Gasteiger partial charge in [-0.1, -0.05) is 0 Å². The average molecular weight is 308 g/mol. The number of aryl methyl sites for hydroxylation is 1. The number of nitrogens with one attached hydrogen (secondary N) is 3. The molecule has 0 spiro atoms. The van der Waals surface area contributed by atoms with Crippen molar-refractivity contribution in [2.75, 3.05) is 26.2 Å². The van der Waals surface area contributed by atoms with E-state index in [2.05, 4.69) is 16.0 Å². The van der Waals surface area contributed by atoms with E-state index in [9.17, 15) is 9.59 Å².